The number of ether oxygens (including phenoxy) is 3. The van der Waals surface area contributed by atoms with E-state index in [1.807, 2.05) is 37.8 Å². The summed E-state index contributed by atoms with van der Waals surface area (Å²) >= 11 is 0. The quantitative estimate of drug-likeness (QED) is 0.0552. The zero-order valence-electron chi connectivity index (χ0n) is 41.2. The highest BCUT2D eigenvalue weighted by molar-refractivity contribution is 6.05. The Morgan fingerprint density at radius 2 is 1.50 bits per heavy atom. The molecule has 4 N–H and O–H groups in total. The minimum absolute atomic E-state index is 0.117. The monoisotopic (exact) mass is 953 g/mol. The first kappa shape index (κ1) is 49.7. The van der Waals surface area contributed by atoms with E-state index in [9.17, 15) is 19.2 Å². The van der Waals surface area contributed by atoms with Crippen LogP contribution in [0, 0.1) is 17.8 Å². The Bertz CT molecular complexity index is 2710. The molecule has 15 nitrogen and oxygen atoms in total. The average molecular weight is 953 g/mol. The fraction of sp³-hybridized carbons (Fsp3) is 0.455. The average Bonchev–Trinajstić information content (AvgIpc) is 4.19. The van der Waals surface area contributed by atoms with Gasteiger partial charge in [0.1, 0.15) is 23.7 Å². The molecule has 370 valence electrons. The van der Waals surface area contributed by atoms with Crippen molar-refractivity contribution in [2.45, 2.75) is 103 Å². The standard InChI is InChI=1S/C55H68N8O7/c1-7-8-11-15-35(4)48(61-55(67)69-6)53(65)62-27-14-18-45(62)50-56-30-44(58-50)39-21-19-38(20-22-39)40-23-25-42-41(29-40)24-26-43-49(42)59-51(57-43)46-28-37(33-70-32-36-16-12-9-10-13-17-36)31-63(46)52(64)47(34(2)3)60-54(66)68-5/h7-8,11,15,19-26,29-30,34,36-37,45-48H,4,9-10,12-14,16-18,27-28,31-33H2,1-3,5-6H3,(H,56,58)(H,57,59)(H,60,66)(H,61,67)/b8-7-,15-11-/t37-,45-,46-,47-,48+/m0/s1. The topological polar surface area (TPSA) is 184 Å². The largest absolute Gasteiger partial charge is 0.453 e. The lowest BCUT2D eigenvalue weighted by molar-refractivity contribution is -0.136. The molecule has 8 rings (SSSR count). The summed E-state index contributed by atoms with van der Waals surface area (Å²) in [6.45, 7) is 12.2. The molecular formula is C55H68N8O7. The first-order chi connectivity index (χ1) is 34.0. The number of aromatic amines is 2. The number of fused-ring (bicyclic) bond motifs is 3. The zero-order chi connectivity index (χ0) is 49.3. The van der Waals surface area contributed by atoms with Gasteiger partial charge in [-0.3, -0.25) is 9.59 Å². The van der Waals surface area contributed by atoms with Gasteiger partial charge in [-0.05, 0) is 90.6 Å². The van der Waals surface area contributed by atoms with Crippen molar-refractivity contribution in [2.24, 2.45) is 17.8 Å². The van der Waals surface area contributed by atoms with Gasteiger partial charge < -0.3 is 44.6 Å². The molecule has 0 bridgehead atoms. The van der Waals surface area contributed by atoms with Crippen LogP contribution in [0.2, 0.25) is 0 Å². The molecule has 2 aliphatic heterocycles. The summed E-state index contributed by atoms with van der Waals surface area (Å²) in [5.74, 6) is 1.51. The van der Waals surface area contributed by atoms with Gasteiger partial charge in [0.25, 0.3) is 5.91 Å². The second-order valence-corrected chi connectivity index (χ2v) is 19.4. The maximum atomic E-state index is 14.4. The molecule has 4 amide bonds. The molecule has 2 saturated heterocycles. The van der Waals surface area contributed by atoms with Gasteiger partial charge in [-0.15, -0.1) is 0 Å². The van der Waals surface area contributed by atoms with Crippen LogP contribution in [0.25, 0.3) is 44.2 Å². The number of hydrogen-bond acceptors (Lipinski definition) is 9. The van der Waals surface area contributed by atoms with Crippen molar-refractivity contribution in [3.63, 3.8) is 0 Å². The van der Waals surface area contributed by atoms with Crippen molar-refractivity contribution in [3.05, 3.63) is 109 Å². The van der Waals surface area contributed by atoms with Crippen LogP contribution in [0.5, 0.6) is 0 Å². The fourth-order valence-electron chi connectivity index (χ4n) is 10.4. The summed E-state index contributed by atoms with van der Waals surface area (Å²) in [4.78, 5) is 73.6. The summed E-state index contributed by atoms with van der Waals surface area (Å²) in [7, 11) is 2.57. The number of alkyl carbamates (subject to hydrolysis) is 2. The number of amides is 4. The molecule has 1 saturated carbocycles. The summed E-state index contributed by atoms with van der Waals surface area (Å²) in [5.41, 5.74) is 6.04. The van der Waals surface area contributed by atoms with E-state index >= 15 is 0 Å². The van der Waals surface area contributed by atoms with E-state index in [-0.39, 0.29) is 35.7 Å². The van der Waals surface area contributed by atoms with Crippen molar-refractivity contribution >= 4 is 45.8 Å². The van der Waals surface area contributed by atoms with Gasteiger partial charge in [-0.2, -0.15) is 0 Å². The van der Waals surface area contributed by atoms with Gasteiger partial charge in [0.2, 0.25) is 5.91 Å². The number of carbonyl (C=O) groups excluding carboxylic acids is 4. The summed E-state index contributed by atoms with van der Waals surface area (Å²) < 4.78 is 16.1. The molecule has 4 heterocycles. The van der Waals surface area contributed by atoms with Crippen molar-refractivity contribution in [3.8, 4) is 22.4 Å². The zero-order valence-corrected chi connectivity index (χ0v) is 41.2. The predicted octanol–water partition coefficient (Wildman–Crippen LogP) is 10.1. The van der Waals surface area contributed by atoms with Gasteiger partial charge in [0.05, 0.1) is 55.8 Å². The van der Waals surface area contributed by atoms with Crippen LogP contribution in [0.3, 0.4) is 0 Å². The number of carbonyl (C=O) groups is 4. The van der Waals surface area contributed by atoms with Crippen molar-refractivity contribution in [1.82, 2.24) is 40.4 Å². The normalized spacial score (nSPS) is 19.8. The molecule has 15 heteroatoms. The third-order valence-corrected chi connectivity index (χ3v) is 14.2. The van der Waals surface area contributed by atoms with Gasteiger partial charge in [-0.25, -0.2) is 19.6 Å². The van der Waals surface area contributed by atoms with Gasteiger partial charge in [0.15, 0.2) is 0 Å². The summed E-state index contributed by atoms with van der Waals surface area (Å²) in [6, 6.07) is 16.5. The number of benzene rings is 3. The van der Waals surface area contributed by atoms with Gasteiger partial charge in [0, 0.05) is 31.0 Å². The van der Waals surface area contributed by atoms with Crippen LogP contribution in [-0.4, -0.2) is 106 Å². The van der Waals surface area contributed by atoms with Crippen molar-refractivity contribution < 1.29 is 33.4 Å². The van der Waals surface area contributed by atoms with Crippen LogP contribution < -0.4 is 10.6 Å². The Kier molecular flexibility index (Phi) is 16.2. The molecule has 1 aliphatic carbocycles. The smallest absolute Gasteiger partial charge is 0.407 e. The highest BCUT2D eigenvalue weighted by atomic mass is 16.5. The Balaban J connectivity index is 0.983. The maximum Gasteiger partial charge on any atom is 0.407 e. The molecule has 3 aromatic carbocycles. The SMILES string of the molecule is C=C(/C=C\C=C/C)[C@@H](NC(=O)OC)C(=O)N1CCC[C@H]1c1ncc(-c2ccc(-c3ccc4c(ccc5[nH]c([C@@H]6C[C@H](COCC7CCCCCC7)CN6C(=O)[C@@H](NC(=O)OC)C(C)C)nc54)c3)cc2)[nH]1. The molecule has 0 radical (unpaired) electrons. The van der Waals surface area contributed by atoms with E-state index in [2.05, 4.69) is 81.8 Å². The van der Waals surface area contributed by atoms with Gasteiger partial charge >= 0.3 is 12.2 Å². The second kappa shape index (κ2) is 22.8. The molecule has 2 aromatic heterocycles. The Labute approximate surface area is 410 Å². The van der Waals surface area contributed by atoms with Crippen LogP contribution in [0.4, 0.5) is 9.59 Å². The van der Waals surface area contributed by atoms with E-state index in [0.29, 0.717) is 43.4 Å². The number of H-pyrrole nitrogens is 2. The molecule has 5 aromatic rings. The molecule has 0 unspecified atom stereocenters. The number of methoxy groups -OCH3 is 2. The van der Waals surface area contributed by atoms with Gasteiger partial charge in [-0.1, -0.05) is 113 Å². The van der Waals surface area contributed by atoms with Crippen LogP contribution in [0.1, 0.15) is 102 Å². The van der Waals surface area contributed by atoms with Crippen LogP contribution in [0.15, 0.2) is 97.3 Å². The van der Waals surface area contributed by atoms with E-state index in [1.54, 1.807) is 23.2 Å². The molecule has 3 aliphatic rings. The Morgan fingerprint density at radius 3 is 2.23 bits per heavy atom. The number of imidazole rings is 2. The number of likely N-dealkylation sites (tertiary alicyclic amines) is 2. The molecule has 3 fully saturated rings. The number of rotatable bonds is 16. The predicted molar refractivity (Wildman–Crippen MR) is 271 cm³/mol. The lowest BCUT2D eigenvalue weighted by Crippen LogP contribution is -2.51. The highest BCUT2D eigenvalue weighted by Gasteiger charge is 2.42. The first-order valence-electron chi connectivity index (χ1n) is 24.9. The lowest BCUT2D eigenvalue weighted by atomic mass is 9.99. The van der Waals surface area contributed by atoms with Crippen molar-refractivity contribution in [1.29, 1.82) is 0 Å². The molecule has 0 spiro atoms. The van der Waals surface area contributed by atoms with E-state index < -0.39 is 24.3 Å². The third kappa shape index (κ3) is 11.3. The number of nitrogens with one attached hydrogen (secondary N) is 4. The van der Waals surface area contributed by atoms with Crippen molar-refractivity contribution in [2.75, 3.05) is 40.5 Å². The summed E-state index contributed by atoms with van der Waals surface area (Å²) in [5, 5.41) is 7.48. The number of nitrogens with zero attached hydrogens (tertiary/aromatic N) is 4. The first-order valence-corrected chi connectivity index (χ1v) is 24.9. The molecule has 5 atom stereocenters. The summed E-state index contributed by atoms with van der Waals surface area (Å²) in [6.07, 6.45) is 17.4. The number of aromatic nitrogens is 4. The second-order valence-electron chi connectivity index (χ2n) is 19.4. The fourth-order valence-corrected chi connectivity index (χ4v) is 10.4. The minimum atomic E-state index is -0.991. The van der Waals surface area contributed by atoms with E-state index in [4.69, 9.17) is 24.2 Å². The van der Waals surface area contributed by atoms with E-state index in [0.717, 1.165) is 69.5 Å². The number of hydrogen-bond donors (Lipinski definition) is 4. The minimum Gasteiger partial charge on any atom is -0.453 e. The lowest BCUT2D eigenvalue weighted by Gasteiger charge is -2.30. The van der Waals surface area contributed by atoms with Crippen LogP contribution >= 0.6 is 0 Å². The molecule has 70 heavy (non-hydrogen) atoms. The van der Waals surface area contributed by atoms with E-state index in [1.165, 1.54) is 52.7 Å². The van der Waals surface area contributed by atoms with Crippen LogP contribution in [-0.2, 0) is 23.8 Å². The number of allylic oxidation sites excluding steroid dienone is 3. The Hall–Kier alpha value is -6.74. The Morgan fingerprint density at radius 1 is 0.786 bits per heavy atom. The third-order valence-electron chi connectivity index (χ3n) is 14.2. The maximum absolute atomic E-state index is 14.4. The highest BCUT2D eigenvalue weighted by Crippen LogP contribution is 2.39. The molecular weight excluding hydrogens is 885 g/mol.